The third kappa shape index (κ3) is 4.72. The Bertz CT molecular complexity index is 1090. The highest BCUT2D eigenvalue weighted by Crippen LogP contribution is 2.33. The van der Waals surface area contributed by atoms with Crippen LogP contribution >= 0.6 is 11.3 Å². The van der Waals surface area contributed by atoms with Crippen LogP contribution in [0.15, 0.2) is 36.5 Å². The molecule has 3 heterocycles. The Kier molecular flexibility index (Phi) is 6.64. The van der Waals surface area contributed by atoms with Crippen molar-refractivity contribution in [3.63, 3.8) is 0 Å². The van der Waals surface area contributed by atoms with Gasteiger partial charge in [0, 0.05) is 25.4 Å². The molecule has 7 nitrogen and oxygen atoms in total. The Hall–Kier alpha value is -3.07. The zero-order chi connectivity index (χ0) is 22.7. The van der Waals surface area contributed by atoms with E-state index in [-0.39, 0.29) is 17.8 Å². The summed E-state index contributed by atoms with van der Waals surface area (Å²) in [7, 11) is 1.56. The molecule has 2 aromatic heterocycles. The van der Waals surface area contributed by atoms with Crippen molar-refractivity contribution < 1.29 is 13.9 Å². The molecule has 1 fully saturated rings. The van der Waals surface area contributed by atoms with Gasteiger partial charge in [-0.1, -0.05) is 19.1 Å². The number of ether oxygens (including phenoxy) is 1. The van der Waals surface area contributed by atoms with Gasteiger partial charge in [0.05, 0.1) is 23.0 Å². The number of halogens is 1. The van der Waals surface area contributed by atoms with E-state index >= 15 is 0 Å². The van der Waals surface area contributed by atoms with Crippen molar-refractivity contribution in [1.82, 2.24) is 19.9 Å². The maximum atomic E-state index is 13.7. The van der Waals surface area contributed by atoms with E-state index in [0.29, 0.717) is 36.5 Å². The molecule has 0 aliphatic carbocycles. The zero-order valence-corrected chi connectivity index (χ0v) is 19.2. The second kappa shape index (κ2) is 9.60. The number of amides is 1. The lowest BCUT2D eigenvalue weighted by molar-refractivity contribution is 0.0535. The molecule has 1 amide bonds. The number of aryl methyl sites for hydroxylation is 1. The first-order valence-corrected chi connectivity index (χ1v) is 11.4. The van der Waals surface area contributed by atoms with Gasteiger partial charge in [-0.2, -0.15) is 4.98 Å². The number of aromatic nitrogens is 3. The van der Waals surface area contributed by atoms with Crippen molar-refractivity contribution >= 4 is 23.2 Å². The van der Waals surface area contributed by atoms with Crippen LogP contribution in [0, 0.1) is 18.7 Å². The van der Waals surface area contributed by atoms with Gasteiger partial charge in [0.2, 0.25) is 11.8 Å². The van der Waals surface area contributed by atoms with E-state index < -0.39 is 0 Å². The minimum absolute atomic E-state index is 0.0332. The highest BCUT2D eigenvalue weighted by molar-refractivity contribution is 7.15. The number of hydrogen-bond acceptors (Lipinski definition) is 7. The molecule has 3 aromatic rings. The van der Waals surface area contributed by atoms with Crippen LogP contribution in [-0.4, -0.2) is 52.0 Å². The summed E-state index contributed by atoms with van der Waals surface area (Å²) in [4.78, 5) is 29.4. The lowest BCUT2D eigenvalue weighted by Crippen LogP contribution is -2.51. The summed E-state index contributed by atoms with van der Waals surface area (Å²) in [5, 5.41) is 4.06. The Labute approximate surface area is 190 Å². The third-order valence-electron chi connectivity index (χ3n) is 5.73. The summed E-state index contributed by atoms with van der Waals surface area (Å²) in [6.07, 6.45) is 3.61. The second-order valence-electron chi connectivity index (χ2n) is 7.91. The molecule has 2 atom stereocenters. The molecule has 1 unspecified atom stereocenters. The fourth-order valence-corrected chi connectivity index (χ4v) is 4.97. The van der Waals surface area contributed by atoms with E-state index in [9.17, 15) is 9.18 Å². The maximum absolute atomic E-state index is 13.7. The molecular weight excluding hydrogens is 429 g/mol. The highest BCUT2D eigenvalue weighted by Gasteiger charge is 2.34. The fraction of sp³-hybridized carbons (Fsp3) is 0.391. The maximum Gasteiger partial charge on any atom is 0.274 e. The summed E-state index contributed by atoms with van der Waals surface area (Å²) in [6.45, 7) is 5.22. The number of likely N-dealkylation sites (tertiary alicyclic amines) is 1. The molecule has 1 aliphatic rings. The third-order valence-corrected chi connectivity index (χ3v) is 6.75. The smallest absolute Gasteiger partial charge is 0.274 e. The van der Waals surface area contributed by atoms with Crippen molar-refractivity contribution in [1.29, 1.82) is 0 Å². The normalized spacial score (nSPS) is 18.4. The molecule has 9 heteroatoms. The van der Waals surface area contributed by atoms with Gasteiger partial charge >= 0.3 is 0 Å². The number of piperidine rings is 1. The molecule has 0 spiro atoms. The number of carbonyl (C=O) groups is 1. The molecule has 0 radical (unpaired) electrons. The Morgan fingerprint density at radius 3 is 2.81 bits per heavy atom. The van der Waals surface area contributed by atoms with Gasteiger partial charge in [0.15, 0.2) is 0 Å². The molecule has 0 bridgehead atoms. The summed E-state index contributed by atoms with van der Waals surface area (Å²) >= 11 is 1.45. The van der Waals surface area contributed by atoms with E-state index in [0.717, 1.165) is 28.3 Å². The number of benzene rings is 1. The van der Waals surface area contributed by atoms with Gasteiger partial charge in [-0.3, -0.25) is 4.79 Å². The molecule has 1 saturated heterocycles. The molecule has 1 aromatic carbocycles. The van der Waals surface area contributed by atoms with Crippen LogP contribution in [0.4, 0.5) is 10.3 Å². The van der Waals surface area contributed by atoms with Crippen LogP contribution in [-0.2, 0) is 0 Å². The standard InChI is InChI=1S/C23H26FN5O2S/c1-14-5-4-12-29(18(14)13-26-23-25-11-10-19(28-23)31-3)22(30)20-21(32-15(2)27-20)16-6-8-17(24)9-7-16/h6-11,14,18H,4-5,12-13H2,1-3H3,(H,25,26,28)/t14-,18?/m1/s1. The van der Waals surface area contributed by atoms with Crippen LogP contribution in [0.2, 0.25) is 0 Å². The summed E-state index contributed by atoms with van der Waals surface area (Å²) < 4.78 is 18.6. The van der Waals surface area contributed by atoms with E-state index in [2.05, 4.69) is 27.2 Å². The monoisotopic (exact) mass is 455 g/mol. The van der Waals surface area contributed by atoms with Gasteiger partial charge in [0.25, 0.3) is 5.91 Å². The Morgan fingerprint density at radius 1 is 1.28 bits per heavy atom. The van der Waals surface area contributed by atoms with Crippen molar-refractivity contribution in [2.24, 2.45) is 5.92 Å². The zero-order valence-electron chi connectivity index (χ0n) is 18.3. The number of rotatable bonds is 6. The molecule has 1 aliphatic heterocycles. The number of anilines is 1. The Balaban J connectivity index is 1.58. The summed E-state index contributed by atoms with van der Waals surface area (Å²) in [5.74, 6) is 0.844. The van der Waals surface area contributed by atoms with E-state index in [1.165, 1.54) is 23.5 Å². The average Bonchev–Trinajstić information content (AvgIpc) is 3.20. The van der Waals surface area contributed by atoms with Gasteiger partial charge < -0.3 is 15.0 Å². The SMILES string of the molecule is COc1ccnc(NCC2[C@H](C)CCCN2C(=O)c2nc(C)sc2-c2ccc(F)cc2)n1. The van der Waals surface area contributed by atoms with Gasteiger partial charge in [-0.25, -0.2) is 14.4 Å². The molecule has 32 heavy (non-hydrogen) atoms. The van der Waals surface area contributed by atoms with Gasteiger partial charge in [0.1, 0.15) is 11.5 Å². The molecule has 168 valence electrons. The summed E-state index contributed by atoms with van der Waals surface area (Å²) in [6, 6.07) is 7.85. The first-order chi connectivity index (χ1) is 15.5. The lowest BCUT2D eigenvalue weighted by atomic mass is 9.90. The number of nitrogens with zero attached hydrogens (tertiary/aromatic N) is 4. The number of methoxy groups -OCH3 is 1. The predicted molar refractivity (Wildman–Crippen MR) is 123 cm³/mol. The minimum atomic E-state index is -0.307. The first-order valence-electron chi connectivity index (χ1n) is 10.6. The molecule has 0 saturated carbocycles. The first kappa shape index (κ1) is 22.1. The van der Waals surface area contributed by atoms with E-state index in [1.807, 2.05) is 11.8 Å². The fourth-order valence-electron chi connectivity index (χ4n) is 4.05. The quantitative estimate of drug-likeness (QED) is 0.593. The number of thiazole rings is 1. The van der Waals surface area contributed by atoms with Crippen LogP contribution < -0.4 is 10.1 Å². The Morgan fingerprint density at radius 2 is 2.06 bits per heavy atom. The summed E-state index contributed by atoms with van der Waals surface area (Å²) in [5.41, 5.74) is 1.22. The van der Waals surface area contributed by atoms with Crippen LogP contribution in [0.25, 0.3) is 10.4 Å². The van der Waals surface area contributed by atoms with Gasteiger partial charge in [-0.05, 0) is 43.4 Å². The number of carbonyl (C=O) groups excluding carboxylic acids is 1. The number of nitrogens with one attached hydrogen (secondary N) is 1. The van der Waals surface area contributed by atoms with Crippen LogP contribution in [0.3, 0.4) is 0 Å². The van der Waals surface area contributed by atoms with Crippen molar-refractivity contribution in [2.45, 2.75) is 32.7 Å². The van der Waals surface area contributed by atoms with E-state index in [1.54, 1.807) is 31.5 Å². The largest absolute Gasteiger partial charge is 0.481 e. The topological polar surface area (TPSA) is 80.2 Å². The predicted octanol–water partition coefficient (Wildman–Crippen LogP) is 4.41. The molecule has 4 rings (SSSR count). The van der Waals surface area contributed by atoms with Crippen LogP contribution in [0.5, 0.6) is 5.88 Å². The minimum Gasteiger partial charge on any atom is -0.481 e. The van der Waals surface area contributed by atoms with E-state index in [4.69, 9.17) is 4.74 Å². The lowest BCUT2D eigenvalue weighted by Gasteiger charge is -2.40. The molecular formula is C23H26FN5O2S. The van der Waals surface area contributed by atoms with Gasteiger partial charge in [-0.15, -0.1) is 11.3 Å². The molecule has 1 N–H and O–H groups in total. The second-order valence-corrected chi connectivity index (χ2v) is 9.11. The number of hydrogen-bond donors (Lipinski definition) is 1. The average molecular weight is 456 g/mol. The van der Waals surface area contributed by atoms with Crippen molar-refractivity contribution in [2.75, 3.05) is 25.5 Å². The van der Waals surface area contributed by atoms with Crippen LogP contribution in [0.1, 0.15) is 35.3 Å². The van der Waals surface area contributed by atoms with Crippen molar-refractivity contribution in [3.05, 3.63) is 53.0 Å². The highest BCUT2D eigenvalue weighted by atomic mass is 32.1. The van der Waals surface area contributed by atoms with Crippen molar-refractivity contribution in [3.8, 4) is 16.3 Å².